The highest BCUT2D eigenvalue weighted by molar-refractivity contribution is 5.77. The van der Waals surface area contributed by atoms with E-state index >= 15 is 0 Å². The van der Waals surface area contributed by atoms with Gasteiger partial charge in [-0.2, -0.15) is 0 Å². The average molecular weight is 257 g/mol. The van der Waals surface area contributed by atoms with Crippen LogP contribution in [-0.4, -0.2) is 9.55 Å². The summed E-state index contributed by atoms with van der Waals surface area (Å²) in [6.45, 7) is 4.07. The molecule has 1 heterocycles. The zero-order valence-electron chi connectivity index (χ0n) is 12.1. The molecule has 19 heavy (non-hydrogen) atoms. The lowest BCUT2D eigenvalue weighted by Gasteiger charge is -2.18. The molecule has 2 aromatic rings. The van der Waals surface area contributed by atoms with E-state index in [2.05, 4.69) is 29.8 Å². The number of aromatic nitrogens is 2. The van der Waals surface area contributed by atoms with Crippen LogP contribution in [0.15, 0.2) is 18.2 Å². The second-order valence-electron chi connectivity index (χ2n) is 6.44. The molecule has 0 atom stereocenters. The largest absolute Gasteiger partial charge is 0.331 e. The number of rotatable bonds is 2. The van der Waals surface area contributed by atoms with Gasteiger partial charge in [0.2, 0.25) is 0 Å². The van der Waals surface area contributed by atoms with Gasteiger partial charge in [-0.1, -0.05) is 18.9 Å². The minimum Gasteiger partial charge on any atom is -0.331 e. The number of benzene rings is 1. The third-order valence-electron chi connectivity index (χ3n) is 4.38. The van der Waals surface area contributed by atoms with Crippen LogP contribution in [0.5, 0.6) is 0 Å². The summed E-state index contributed by atoms with van der Waals surface area (Å²) in [6, 6.07) is 6.43. The lowest BCUT2D eigenvalue weighted by atomic mass is 9.95. The Morgan fingerprint density at radius 1 is 1.26 bits per heavy atom. The van der Waals surface area contributed by atoms with Crippen LogP contribution < -0.4 is 5.73 Å². The Morgan fingerprint density at radius 2 is 1.95 bits per heavy atom. The molecule has 1 saturated carbocycles. The Balaban J connectivity index is 2.09. The van der Waals surface area contributed by atoms with Gasteiger partial charge in [0, 0.05) is 18.5 Å². The molecule has 0 aliphatic heterocycles. The second kappa shape index (κ2) is 4.34. The lowest BCUT2D eigenvalue weighted by Crippen LogP contribution is -2.28. The summed E-state index contributed by atoms with van der Waals surface area (Å²) < 4.78 is 2.26. The zero-order valence-corrected chi connectivity index (χ0v) is 12.1. The first-order valence-electron chi connectivity index (χ1n) is 7.22. The Bertz CT molecular complexity index is 598. The molecule has 1 aromatic carbocycles. The number of nitrogens with zero attached hydrogens (tertiary/aromatic N) is 2. The van der Waals surface area contributed by atoms with Crippen molar-refractivity contribution in [3.8, 4) is 0 Å². The molecular weight excluding hydrogens is 234 g/mol. The Kier molecular flexibility index (Phi) is 2.90. The van der Waals surface area contributed by atoms with Crippen LogP contribution >= 0.6 is 0 Å². The number of nitrogens with two attached hydrogens (primary N) is 1. The molecule has 0 amide bonds. The van der Waals surface area contributed by atoms with Gasteiger partial charge in [-0.15, -0.1) is 0 Å². The molecule has 1 aliphatic rings. The molecule has 3 rings (SSSR count). The highest BCUT2D eigenvalue weighted by Crippen LogP contribution is 2.35. The smallest absolute Gasteiger partial charge is 0.112 e. The highest BCUT2D eigenvalue weighted by Gasteiger charge is 2.23. The first-order valence-corrected chi connectivity index (χ1v) is 7.22. The molecule has 3 heteroatoms. The molecule has 1 aliphatic carbocycles. The fourth-order valence-corrected chi connectivity index (χ4v) is 3.17. The normalized spacial score (nSPS) is 17.5. The van der Waals surface area contributed by atoms with E-state index in [4.69, 9.17) is 10.7 Å². The molecule has 0 spiro atoms. The fraction of sp³-hybridized carbons (Fsp3) is 0.562. The van der Waals surface area contributed by atoms with Crippen molar-refractivity contribution < 1.29 is 0 Å². The number of aryl methyl sites for hydroxylation is 1. The van der Waals surface area contributed by atoms with Gasteiger partial charge in [0.15, 0.2) is 0 Å². The van der Waals surface area contributed by atoms with Crippen LogP contribution in [0.25, 0.3) is 11.0 Å². The monoisotopic (exact) mass is 257 g/mol. The summed E-state index contributed by atoms with van der Waals surface area (Å²) >= 11 is 0. The van der Waals surface area contributed by atoms with Gasteiger partial charge in [-0.25, -0.2) is 4.98 Å². The summed E-state index contributed by atoms with van der Waals surface area (Å²) in [7, 11) is 2.14. The third-order valence-corrected chi connectivity index (χ3v) is 4.38. The van der Waals surface area contributed by atoms with Crippen LogP contribution in [0, 0.1) is 0 Å². The molecule has 1 fully saturated rings. The first-order chi connectivity index (χ1) is 8.97. The van der Waals surface area contributed by atoms with E-state index in [9.17, 15) is 0 Å². The SMILES string of the molecule is Cn1c(C2CCCC2)nc2cc(C(C)(C)N)ccc21. The third kappa shape index (κ3) is 2.16. The van der Waals surface area contributed by atoms with Crippen molar-refractivity contribution in [2.45, 2.75) is 51.0 Å². The van der Waals surface area contributed by atoms with Crippen molar-refractivity contribution in [2.24, 2.45) is 12.8 Å². The van der Waals surface area contributed by atoms with Gasteiger partial charge >= 0.3 is 0 Å². The lowest BCUT2D eigenvalue weighted by molar-refractivity contribution is 0.555. The van der Waals surface area contributed by atoms with E-state index in [-0.39, 0.29) is 5.54 Å². The van der Waals surface area contributed by atoms with Crippen molar-refractivity contribution in [1.29, 1.82) is 0 Å². The number of imidazole rings is 1. The summed E-state index contributed by atoms with van der Waals surface area (Å²) in [5.74, 6) is 1.89. The summed E-state index contributed by atoms with van der Waals surface area (Å²) in [4.78, 5) is 4.88. The van der Waals surface area contributed by atoms with E-state index in [1.54, 1.807) is 0 Å². The number of hydrogen-bond acceptors (Lipinski definition) is 2. The maximum Gasteiger partial charge on any atom is 0.112 e. The molecule has 0 bridgehead atoms. The van der Waals surface area contributed by atoms with Gasteiger partial charge in [0.25, 0.3) is 0 Å². The predicted octanol–water partition coefficient (Wildman–Crippen LogP) is 3.42. The van der Waals surface area contributed by atoms with Gasteiger partial charge < -0.3 is 10.3 Å². The molecule has 0 radical (unpaired) electrons. The predicted molar refractivity (Wildman–Crippen MR) is 79.1 cm³/mol. The van der Waals surface area contributed by atoms with Gasteiger partial charge in [-0.3, -0.25) is 0 Å². The molecule has 0 saturated heterocycles. The quantitative estimate of drug-likeness (QED) is 0.895. The molecule has 1 aromatic heterocycles. The summed E-state index contributed by atoms with van der Waals surface area (Å²) in [6.07, 6.45) is 5.25. The van der Waals surface area contributed by atoms with Crippen molar-refractivity contribution >= 4 is 11.0 Å². The summed E-state index contributed by atoms with van der Waals surface area (Å²) in [5.41, 5.74) is 9.32. The van der Waals surface area contributed by atoms with E-state index in [1.165, 1.54) is 37.0 Å². The Hall–Kier alpha value is -1.35. The van der Waals surface area contributed by atoms with E-state index < -0.39 is 0 Å². The number of fused-ring (bicyclic) bond motifs is 1. The minimum atomic E-state index is -0.306. The standard InChI is InChI=1S/C16H23N3/c1-16(2,17)12-8-9-14-13(10-12)18-15(19(14)3)11-6-4-5-7-11/h8-11H,4-7,17H2,1-3H3. The van der Waals surface area contributed by atoms with E-state index in [1.807, 2.05) is 13.8 Å². The van der Waals surface area contributed by atoms with E-state index in [0.717, 1.165) is 11.1 Å². The first kappa shape index (κ1) is 12.7. The van der Waals surface area contributed by atoms with Gasteiger partial charge in [0.05, 0.1) is 11.0 Å². The van der Waals surface area contributed by atoms with Crippen molar-refractivity contribution in [3.63, 3.8) is 0 Å². The Morgan fingerprint density at radius 3 is 2.58 bits per heavy atom. The summed E-state index contributed by atoms with van der Waals surface area (Å²) in [5, 5.41) is 0. The van der Waals surface area contributed by atoms with Gasteiger partial charge in [0.1, 0.15) is 5.82 Å². The van der Waals surface area contributed by atoms with Crippen LogP contribution in [0.3, 0.4) is 0 Å². The minimum absolute atomic E-state index is 0.306. The van der Waals surface area contributed by atoms with Crippen molar-refractivity contribution in [1.82, 2.24) is 9.55 Å². The molecule has 3 nitrogen and oxygen atoms in total. The van der Waals surface area contributed by atoms with Crippen LogP contribution in [-0.2, 0) is 12.6 Å². The zero-order chi connectivity index (χ0) is 13.6. The molecular formula is C16H23N3. The van der Waals surface area contributed by atoms with Crippen LogP contribution in [0.2, 0.25) is 0 Å². The Labute approximate surface area is 114 Å². The van der Waals surface area contributed by atoms with Crippen LogP contribution in [0.1, 0.15) is 56.8 Å². The maximum atomic E-state index is 6.18. The van der Waals surface area contributed by atoms with Crippen molar-refractivity contribution in [2.75, 3.05) is 0 Å². The van der Waals surface area contributed by atoms with Crippen molar-refractivity contribution in [3.05, 3.63) is 29.6 Å². The molecule has 102 valence electrons. The average Bonchev–Trinajstić information content (AvgIpc) is 2.96. The maximum absolute atomic E-state index is 6.18. The second-order valence-corrected chi connectivity index (χ2v) is 6.44. The fourth-order valence-electron chi connectivity index (χ4n) is 3.17. The topological polar surface area (TPSA) is 43.8 Å². The van der Waals surface area contributed by atoms with Gasteiger partial charge in [-0.05, 0) is 44.4 Å². The number of hydrogen-bond donors (Lipinski definition) is 1. The molecule has 2 N–H and O–H groups in total. The molecule has 0 unspecified atom stereocenters. The van der Waals surface area contributed by atoms with Crippen LogP contribution in [0.4, 0.5) is 0 Å². The van der Waals surface area contributed by atoms with E-state index in [0.29, 0.717) is 5.92 Å². The highest BCUT2D eigenvalue weighted by atomic mass is 15.1.